The van der Waals surface area contributed by atoms with Crippen LogP contribution in [0.2, 0.25) is 0 Å². The van der Waals surface area contributed by atoms with Crippen LogP contribution in [0.5, 0.6) is 0 Å². The average molecular weight is 1480 g/mol. The molecule has 2 aromatic carbocycles. The van der Waals surface area contributed by atoms with Crippen molar-refractivity contribution in [3.8, 4) is 0 Å². The summed E-state index contributed by atoms with van der Waals surface area (Å²) >= 11 is 0. The maximum atomic E-state index is 6.55. The maximum absolute atomic E-state index is 6.55. The first-order valence-corrected chi connectivity index (χ1v) is 46.8. The molecular formula is C100H184O6. The zero-order chi connectivity index (χ0) is 77.0. The fraction of sp³-hybridized carbons (Fsp3) is 0.880. The van der Waals surface area contributed by atoms with Crippen molar-refractivity contribution in [3.05, 3.63) is 71.8 Å². The van der Waals surface area contributed by atoms with Gasteiger partial charge in [0.1, 0.15) is 12.2 Å². The van der Waals surface area contributed by atoms with Crippen LogP contribution in [-0.4, -0.2) is 65.1 Å². The van der Waals surface area contributed by atoms with Crippen molar-refractivity contribution in [1.82, 2.24) is 0 Å². The van der Waals surface area contributed by atoms with Crippen LogP contribution in [0.4, 0.5) is 0 Å². The maximum Gasteiger partial charge on any atom is 0.104 e. The summed E-state index contributed by atoms with van der Waals surface area (Å²) in [5.74, 6) is 12.9. The molecule has 0 unspecified atom stereocenters. The average Bonchev–Trinajstić information content (AvgIpc) is 1.02. The molecule has 620 valence electrons. The Bertz CT molecular complexity index is 2020. The molecule has 1 aliphatic heterocycles. The van der Waals surface area contributed by atoms with Crippen LogP contribution in [0.25, 0.3) is 0 Å². The quantitative estimate of drug-likeness (QED) is 0.263. The van der Waals surface area contributed by atoms with Gasteiger partial charge in [-0.15, -0.1) is 0 Å². The van der Waals surface area contributed by atoms with Crippen molar-refractivity contribution >= 4 is 0 Å². The molecule has 1 fully saturated rings. The van der Waals surface area contributed by atoms with Gasteiger partial charge in [0.2, 0.25) is 0 Å². The first-order valence-electron chi connectivity index (χ1n) is 46.8. The topological polar surface area (TPSA) is 55.4 Å². The van der Waals surface area contributed by atoms with Gasteiger partial charge in [0, 0.05) is 26.4 Å². The van der Waals surface area contributed by atoms with E-state index in [1.165, 1.54) is 268 Å². The van der Waals surface area contributed by atoms with E-state index in [4.69, 9.17) is 28.4 Å². The fourth-order valence-electron chi connectivity index (χ4n) is 17.1. The zero-order valence-corrected chi connectivity index (χ0v) is 73.8. The molecular weight excluding hydrogens is 1300 g/mol. The second-order valence-electron chi connectivity index (χ2n) is 38.3. The van der Waals surface area contributed by atoms with Crippen LogP contribution < -0.4 is 0 Å². The van der Waals surface area contributed by atoms with Crippen LogP contribution >= 0.6 is 0 Å². The van der Waals surface area contributed by atoms with E-state index in [-0.39, 0.29) is 12.2 Å². The van der Waals surface area contributed by atoms with Crippen molar-refractivity contribution in [1.29, 1.82) is 0 Å². The lowest BCUT2D eigenvalue weighted by Crippen LogP contribution is -2.27. The molecule has 3 rings (SSSR count). The molecule has 0 amide bonds. The van der Waals surface area contributed by atoms with Gasteiger partial charge in [-0.1, -0.05) is 428 Å². The zero-order valence-electron chi connectivity index (χ0n) is 73.8. The molecule has 0 radical (unpaired) electrons. The molecule has 1 heterocycles. The molecule has 0 aliphatic carbocycles. The van der Waals surface area contributed by atoms with Crippen LogP contribution in [0.3, 0.4) is 0 Å². The molecule has 0 N–H and O–H groups in total. The van der Waals surface area contributed by atoms with Crippen molar-refractivity contribution < 1.29 is 28.4 Å². The third kappa shape index (κ3) is 58.1. The Morgan fingerprint density at radius 1 is 0.217 bits per heavy atom. The Balaban J connectivity index is 1.42. The van der Waals surface area contributed by atoms with Crippen molar-refractivity contribution in [2.24, 2.45) is 94.7 Å². The third-order valence-corrected chi connectivity index (χ3v) is 25.9. The van der Waals surface area contributed by atoms with Crippen LogP contribution in [0, 0.1) is 94.7 Å². The molecule has 0 saturated carbocycles. The number of rotatable bonds is 8. The highest BCUT2D eigenvalue weighted by atomic mass is 16.6. The summed E-state index contributed by atoms with van der Waals surface area (Å²) in [5, 5.41) is 0. The second-order valence-corrected chi connectivity index (χ2v) is 38.3. The van der Waals surface area contributed by atoms with Gasteiger partial charge in [0.05, 0.1) is 39.6 Å². The Kier molecular flexibility index (Phi) is 60.9. The van der Waals surface area contributed by atoms with E-state index in [0.717, 1.165) is 123 Å². The first kappa shape index (κ1) is 98.4. The van der Waals surface area contributed by atoms with Crippen LogP contribution in [0.1, 0.15) is 404 Å². The summed E-state index contributed by atoms with van der Waals surface area (Å²) in [6, 6.07) is 21.1. The Morgan fingerprint density at radius 2 is 0.387 bits per heavy atom. The van der Waals surface area contributed by atoms with E-state index < -0.39 is 0 Å². The predicted molar refractivity (Wildman–Crippen MR) is 463 cm³/mol. The van der Waals surface area contributed by atoms with Crippen molar-refractivity contribution in [2.45, 2.75) is 419 Å². The summed E-state index contributed by atoms with van der Waals surface area (Å²) in [5.41, 5.74) is 2.42. The van der Waals surface area contributed by atoms with E-state index in [9.17, 15) is 0 Å². The van der Waals surface area contributed by atoms with Gasteiger partial charge >= 0.3 is 0 Å². The molecule has 6 nitrogen and oxygen atoms in total. The van der Waals surface area contributed by atoms with Gasteiger partial charge in [-0.2, -0.15) is 0 Å². The monoisotopic (exact) mass is 1480 g/mol. The van der Waals surface area contributed by atoms with Gasteiger partial charge < -0.3 is 28.4 Å². The molecule has 6 heteroatoms. The number of hydrogen-bond donors (Lipinski definition) is 0. The van der Waals surface area contributed by atoms with Gasteiger partial charge in [-0.25, -0.2) is 0 Å². The Morgan fingerprint density at radius 3 is 0.585 bits per heavy atom. The number of hydrogen-bond acceptors (Lipinski definition) is 6. The van der Waals surface area contributed by atoms with Crippen LogP contribution in [0.15, 0.2) is 60.7 Å². The van der Waals surface area contributed by atoms with E-state index in [1.54, 1.807) is 0 Å². The highest BCUT2D eigenvalue weighted by Gasteiger charge is 2.19. The lowest BCUT2D eigenvalue weighted by molar-refractivity contribution is -0.0670. The summed E-state index contributed by atoms with van der Waals surface area (Å²) in [6.45, 7) is 46.8. The Labute approximate surface area is 662 Å². The third-order valence-electron chi connectivity index (χ3n) is 25.9. The summed E-state index contributed by atoms with van der Waals surface area (Å²) in [4.78, 5) is 0. The van der Waals surface area contributed by atoms with Gasteiger partial charge in [-0.3, -0.25) is 0 Å². The largest absolute Gasteiger partial charge is 0.379 e. The molecule has 18 atom stereocenters. The van der Waals surface area contributed by atoms with Gasteiger partial charge in [0.15, 0.2) is 0 Å². The normalized spacial score (nSPS) is 32.8. The highest BCUT2D eigenvalue weighted by Crippen LogP contribution is 2.31. The summed E-state index contributed by atoms with van der Waals surface area (Å²) in [7, 11) is 0. The molecule has 106 heavy (non-hydrogen) atoms. The summed E-state index contributed by atoms with van der Waals surface area (Å²) < 4.78 is 38.3. The smallest absolute Gasteiger partial charge is 0.104 e. The molecule has 1 aliphatic rings. The van der Waals surface area contributed by atoms with Crippen molar-refractivity contribution in [3.63, 3.8) is 0 Å². The van der Waals surface area contributed by atoms with E-state index in [0.29, 0.717) is 63.3 Å². The van der Waals surface area contributed by atoms with E-state index >= 15 is 0 Å². The molecule has 0 aromatic heterocycles. The minimum absolute atomic E-state index is 0.0248. The number of benzene rings is 2. The lowest BCUT2D eigenvalue weighted by atomic mass is 9.88. The molecule has 0 spiro atoms. The second kappa shape index (κ2) is 65.6. The Hall–Kier alpha value is -1.80. The molecule has 2 aromatic rings. The standard InChI is InChI=1S/C100H184O6/c1-81-35-23-39-85(5)47-31-55-93(13)67-71-101-77-99(79-103-75-97-59-19-17-20-60-97)105-73-69-95(15)57-33-49-87(7)41-25-37-83(3)45-29-53-91(11)65-66-92(12)54-30-46-84(4)38-26-42-88(8)50-34-58-96(16)70-74-106-100(80-104-76-98-61-21-18-22-62-98)78-102-72-68-94(14)56-32-48-86(6)40-24-36-82(2)44-28-52-90(10)64-63-89(9)51-27-43-81/h17-22,59-62,81-96,99-100H,23-58,63-80H2,1-16H3/t81-,82-,83-,84-,85+,86+,87+,88+,89-,90-,91-,92-,93+,94+,95+,96+,99-,100-/m0/s1. The van der Waals surface area contributed by atoms with Crippen LogP contribution in [-0.2, 0) is 41.6 Å². The number of ether oxygens (including phenoxy) is 6. The SMILES string of the molecule is C[C@@H]1CCC[C@H](C)CCC[C@H](C)CC[C@@H](C)CCC[C@@H](C)CCC[C@@H](C)CCC[C@@H](C)CCOC[C@@H](COCc2ccccc2)OCC[C@H](C)CCC[C@H](C)CCC[C@H](C)CCC[C@H](C)CC[C@@H](C)CCC[C@@H](C)CCC[C@@H](C)CCC[C@@H](C)CCO[C@H](COCc2ccccc2)COCC[C@H](C)CCC1. The van der Waals surface area contributed by atoms with Gasteiger partial charge in [0.25, 0.3) is 0 Å². The highest BCUT2D eigenvalue weighted by molar-refractivity contribution is 5.14. The minimum atomic E-state index is -0.0248. The van der Waals surface area contributed by atoms with Gasteiger partial charge in [-0.05, 0) is 131 Å². The van der Waals surface area contributed by atoms with Crippen molar-refractivity contribution in [2.75, 3.05) is 52.9 Å². The molecule has 0 bridgehead atoms. The predicted octanol–water partition coefficient (Wildman–Crippen LogP) is 30.6. The van der Waals surface area contributed by atoms with E-state index in [2.05, 4.69) is 171 Å². The summed E-state index contributed by atoms with van der Waals surface area (Å²) in [6.07, 6.45) is 59.8. The molecule has 1 saturated heterocycles. The lowest BCUT2D eigenvalue weighted by Gasteiger charge is -2.21. The van der Waals surface area contributed by atoms with E-state index in [1.807, 2.05) is 0 Å². The first-order chi connectivity index (χ1) is 51.2. The fourth-order valence-corrected chi connectivity index (χ4v) is 17.1. The minimum Gasteiger partial charge on any atom is -0.379 e.